The fourth-order valence-electron chi connectivity index (χ4n) is 1.54. The van der Waals surface area contributed by atoms with Gasteiger partial charge in [-0.05, 0) is 24.1 Å². The average molecular weight is 262 g/mol. The van der Waals surface area contributed by atoms with Gasteiger partial charge in [0.05, 0.1) is 26.4 Å². The van der Waals surface area contributed by atoms with Crippen LogP contribution in [-0.4, -0.2) is 25.4 Å². The van der Waals surface area contributed by atoms with Gasteiger partial charge in [-0.1, -0.05) is 13.0 Å². The number of hydrogen-bond acceptors (Lipinski definition) is 4. The summed E-state index contributed by atoms with van der Waals surface area (Å²) in [6.45, 7) is 1.89. The summed E-state index contributed by atoms with van der Waals surface area (Å²) >= 11 is 0. The molecule has 0 saturated carbocycles. The van der Waals surface area contributed by atoms with Gasteiger partial charge in [0.1, 0.15) is 0 Å². The van der Waals surface area contributed by atoms with Crippen LogP contribution in [0.2, 0.25) is 0 Å². The van der Waals surface area contributed by atoms with Gasteiger partial charge in [-0.3, -0.25) is 0 Å². The minimum absolute atomic E-state index is 0. The minimum Gasteiger partial charge on any atom is -0.493 e. The monoisotopic (exact) mass is 261 g/mol. The lowest BCUT2D eigenvalue weighted by molar-refractivity contribution is 0.140. The number of methoxy groups -OCH3 is 2. The molecule has 0 spiro atoms. The highest BCUT2D eigenvalue weighted by atomic mass is 35.5. The standard InChI is InChI=1S/C12H19NO3.ClH/c1-4-9(14)12(13)8-5-6-10(15-2)11(7-8)16-3;/h5-7,9,12,14H,4,13H2,1-3H3;1H/t9-,12+;/m1./s1. The maximum atomic E-state index is 9.67. The summed E-state index contributed by atoms with van der Waals surface area (Å²) < 4.78 is 10.3. The molecule has 0 fully saturated rings. The van der Waals surface area contributed by atoms with E-state index in [0.29, 0.717) is 17.9 Å². The van der Waals surface area contributed by atoms with Gasteiger partial charge >= 0.3 is 0 Å². The molecule has 0 unspecified atom stereocenters. The zero-order valence-corrected chi connectivity index (χ0v) is 11.2. The molecule has 1 aromatic carbocycles. The van der Waals surface area contributed by atoms with Crippen LogP contribution in [0, 0.1) is 0 Å². The van der Waals surface area contributed by atoms with Crippen molar-refractivity contribution in [2.24, 2.45) is 5.73 Å². The first-order chi connectivity index (χ1) is 7.63. The van der Waals surface area contributed by atoms with Gasteiger partial charge in [-0.15, -0.1) is 12.4 Å². The molecule has 1 rings (SSSR count). The number of rotatable bonds is 5. The Kier molecular flexibility index (Phi) is 6.95. The van der Waals surface area contributed by atoms with E-state index >= 15 is 0 Å². The molecule has 0 aliphatic heterocycles. The van der Waals surface area contributed by atoms with Crippen LogP contribution in [0.4, 0.5) is 0 Å². The van der Waals surface area contributed by atoms with Gasteiger partial charge in [0.25, 0.3) is 0 Å². The Bertz CT molecular complexity index is 347. The first-order valence-electron chi connectivity index (χ1n) is 5.29. The molecule has 4 nitrogen and oxygen atoms in total. The quantitative estimate of drug-likeness (QED) is 0.850. The third-order valence-corrected chi connectivity index (χ3v) is 2.63. The summed E-state index contributed by atoms with van der Waals surface area (Å²) in [6, 6.07) is 5.02. The minimum atomic E-state index is -0.543. The van der Waals surface area contributed by atoms with Crippen LogP contribution in [0.3, 0.4) is 0 Å². The number of ether oxygens (including phenoxy) is 2. The highest BCUT2D eigenvalue weighted by Gasteiger charge is 2.16. The van der Waals surface area contributed by atoms with E-state index in [1.807, 2.05) is 13.0 Å². The molecule has 0 radical (unpaired) electrons. The lowest BCUT2D eigenvalue weighted by Crippen LogP contribution is -2.25. The van der Waals surface area contributed by atoms with E-state index in [2.05, 4.69) is 0 Å². The van der Waals surface area contributed by atoms with Crippen LogP contribution in [0.15, 0.2) is 18.2 Å². The van der Waals surface area contributed by atoms with Crippen LogP contribution >= 0.6 is 12.4 Å². The van der Waals surface area contributed by atoms with Crippen molar-refractivity contribution in [3.8, 4) is 11.5 Å². The Hall–Kier alpha value is -0.970. The third kappa shape index (κ3) is 3.77. The predicted molar refractivity (Wildman–Crippen MR) is 70.0 cm³/mol. The van der Waals surface area contributed by atoms with E-state index < -0.39 is 12.1 Å². The summed E-state index contributed by atoms with van der Waals surface area (Å²) in [5.74, 6) is 1.28. The van der Waals surface area contributed by atoms with Gasteiger partial charge in [0.15, 0.2) is 11.5 Å². The summed E-state index contributed by atoms with van der Waals surface area (Å²) in [7, 11) is 3.15. The number of aliphatic hydroxyl groups excluding tert-OH is 1. The second-order valence-electron chi connectivity index (χ2n) is 3.62. The van der Waals surface area contributed by atoms with Crippen molar-refractivity contribution in [1.82, 2.24) is 0 Å². The van der Waals surface area contributed by atoms with Crippen molar-refractivity contribution in [2.45, 2.75) is 25.5 Å². The molecule has 0 aliphatic carbocycles. The normalized spacial score (nSPS) is 13.5. The Morgan fingerprint density at radius 1 is 1.24 bits per heavy atom. The van der Waals surface area contributed by atoms with Crippen molar-refractivity contribution in [3.63, 3.8) is 0 Å². The molecule has 1 aromatic rings. The highest BCUT2D eigenvalue weighted by Crippen LogP contribution is 2.30. The van der Waals surface area contributed by atoms with Gasteiger partial charge in [-0.25, -0.2) is 0 Å². The molecular weight excluding hydrogens is 242 g/mol. The molecule has 2 atom stereocenters. The Morgan fingerprint density at radius 3 is 2.29 bits per heavy atom. The van der Waals surface area contributed by atoms with Crippen molar-refractivity contribution in [1.29, 1.82) is 0 Å². The van der Waals surface area contributed by atoms with Gasteiger partial charge < -0.3 is 20.3 Å². The van der Waals surface area contributed by atoms with Crippen LogP contribution in [0.1, 0.15) is 24.9 Å². The largest absolute Gasteiger partial charge is 0.493 e. The smallest absolute Gasteiger partial charge is 0.161 e. The van der Waals surface area contributed by atoms with Crippen molar-refractivity contribution in [3.05, 3.63) is 23.8 Å². The first kappa shape index (κ1) is 16.0. The molecule has 0 saturated heterocycles. The summed E-state index contributed by atoms with van der Waals surface area (Å²) in [4.78, 5) is 0. The fraction of sp³-hybridized carbons (Fsp3) is 0.500. The third-order valence-electron chi connectivity index (χ3n) is 2.63. The molecular formula is C12H20ClNO3. The Morgan fingerprint density at radius 2 is 1.82 bits per heavy atom. The topological polar surface area (TPSA) is 64.7 Å². The Labute approximate surface area is 108 Å². The lowest BCUT2D eigenvalue weighted by atomic mass is 10.0. The van der Waals surface area contributed by atoms with E-state index in [1.165, 1.54) is 0 Å². The van der Waals surface area contributed by atoms with E-state index in [4.69, 9.17) is 15.2 Å². The van der Waals surface area contributed by atoms with Crippen molar-refractivity contribution < 1.29 is 14.6 Å². The number of benzene rings is 1. The van der Waals surface area contributed by atoms with E-state index in [-0.39, 0.29) is 12.4 Å². The van der Waals surface area contributed by atoms with Crippen LogP contribution in [-0.2, 0) is 0 Å². The van der Waals surface area contributed by atoms with Gasteiger partial charge in [-0.2, -0.15) is 0 Å². The van der Waals surface area contributed by atoms with Crippen LogP contribution in [0.25, 0.3) is 0 Å². The summed E-state index contributed by atoms with van der Waals surface area (Å²) in [6.07, 6.45) is 0.0771. The summed E-state index contributed by atoms with van der Waals surface area (Å²) in [5, 5.41) is 9.67. The predicted octanol–water partition coefficient (Wildman–Crippen LogP) is 1.90. The number of nitrogens with two attached hydrogens (primary N) is 1. The number of halogens is 1. The first-order valence-corrected chi connectivity index (χ1v) is 5.29. The van der Waals surface area contributed by atoms with Crippen LogP contribution in [0.5, 0.6) is 11.5 Å². The number of hydrogen-bond donors (Lipinski definition) is 2. The second-order valence-corrected chi connectivity index (χ2v) is 3.62. The maximum Gasteiger partial charge on any atom is 0.161 e. The van der Waals surface area contributed by atoms with E-state index in [1.54, 1.807) is 26.4 Å². The lowest BCUT2D eigenvalue weighted by Gasteiger charge is -2.19. The Balaban J connectivity index is 0.00000256. The molecule has 0 bridgehead atoms. The van der Waals surface area contributed by atoms with Gasteiger partial charge in [0.2, 0.25) is 0 Å². The average Bonchev–Trinajstić information content (AvgIpc) is 2.35. The molecule has 17 heavy (non-hydrogen) atoms. The van der Waals surface area contributed by atoms with Crippen LogP contribution < -0.4 is 15.2 Å². The highest BCUT2D eigenvalue weighted by molar-refractivity contribution is 5.85. The molecule has 5 heteroatoms. The molecule has 0 amide bonds. The zero-order chi connectivity index (χ0) is 12.1. The summed E-state index contributed by atoms with van der Waals surface area (Å²) in [5.41, 5.74) is 6.76. The molecule has 0 aliphatic rings. The van der Waals surface area contributed by atoms with Gasteiger partial charge in [0, 0.05) is 0 Å². The van der Waals surface area contributed by atoms with E-state index in [9.17, 15) is 5.11 Å². The number of aliphatic hydroxyl groups is 1. The fourth-order valence-corrected chi connectivity index (χ4v) is 1.54. The maximum absolute atomic E-state index is 9.67. The molecule has 3 N–H and O–H groups in total. The molecule has 0 aromatic heterocycles. The van der Waals surface area contributed by atoms with Crippen molar-refractivity contribution in [2.75, 3.05) is 14.2 Å². The molecule has 98 valence electrons. The van der Waals surface area contributed by atoms with E-state index in [0.717, 1.165) is 5.56 Å². The zero-order valence-electron chi connectivity index (χ0n) is 10.3. The molecule has 0 heterocycles. The second kappa shape index (κ2) is 7.37. The van der Waals surface area contributed by atoms with Crippen molar-refractivity contribution >= 4 is 12.4 Å². The SMILES string of the molecule is CC[C@@H](O)[C@@H](N)c1ccc(OC)c(OC)c1.Cl.